The van der Waals surface area contributed by atoms with Crippen molar-refractivity contribution in [3.63, 3.8) is 0 Å². The van der Waals surface area contributed by atoms with Crippen LogP contribution in [0.5, 0.6) is 0 Å². The van der Waals surface area contributed by atoms with Gasteiger partial charge in [-0.3, -0.25) is 4.79 Å². The van der Waals surface area contributed by atoms with Gasteiger partial charge in [0.2, 0.25) is 0 Å². The molecule has 0 aromatic carbocycles. The van der Waals surface area contributed by atoms with E-state index in [1.807, 2.05) is 28.6 Å². The van der Waals surface area contributed by atoms with Gasteiger partial charge in [-0.1, -0.05) is 6.07 Å². The van der Waals surface area contributed by atoms with Crippen LogP contribution in [0.4, 0.5) is 0 Å². The van der Waals surface area contributed by atoms with Crippen LogP contribution in [0.3, 0.4) is 0 Å². The van der Waals surface area contributed by atoms with Gasteiger partial charge in [-0.25, -0.2) is 4.98 Å². The predicted molar refractivity (Wildman–Crippen MR) is 91.9 cm³/mol. The first-order valence-electron chi connectivity index (χ1n) is 8.57. The van der Waals surface area contributed by atoms with Gasteiger partial charge in [0.15, 0.2) is 0 Å². The number of rotatable bonds is 4. The van der Waals surface area contributed by atoms with Crippen LogP contribution >= 0.6 is 11.3 Å². The third-order valence-electron chi connectivity index (χ3n) is 5.10. The first kappa shape index (κ1) is 14.9. The lowest BCUT2D eigenvalue weighted by atomic mass is 9.96. The fraction of sp³-hybridized carbons (Fsp3) is 0.556. The van der Waals surface area contributed by atoms with Crippen molar-refractivity contribution >= 4 is 17.2 Å². The van der Waals surface area contributed by atoms with Gasteiger partial charge in [-0.15, -0.1) is 11.3 Å². The molecule has 1 aliphatic heterocycles. The quantitative estimate of drug-likeness (QED) is 0.858. The summed E-state index contributed by atoms with van der Waals surface area (Å²) < 4.78 is 2.43. The Morgan fingerprint density at radius 1 is 1.30 bits per heavy atom. The second kappa shape index (κ2) is 6.11. The maximum atomic E-state index is 12.4. The fourth-order valence-electron chi connectivity index (χ4n) is 3.52. The molecule has 1 amide bonds. The van der Waals surface area contributed by atoms with E-state index >= 15 is 0 Å². The van der Waals surface area contributed by atoms with Crippen LogP contribution in [0.1, 0.15) is 52.8 Å². The molecule has 0 atom stereocenters. The second-order valence-electron chi connectivity index (χ2n) is 6.86. The smallest absolute Gasteiger partial charge is 0.263 e. The van der Waals surface area contributed by atoms with Crippen molar-refractivity contribution in [1.29, 1.82) is 0 Å². The number of carbonyl (C=O) groups excluding carboxylic acids is 1. The topological polar surface area (TPSA) is 38.1 Å². The van der Waals surface area contributed by atoms with Crippen molar-refractivity contribution < 1.29 is 4.79 Å². The van der Waals surface area contributed by atoms with Crippen molar-refractivity contribution in [1.82, 2.24) is 14.5 Å². The van der Waals surface area contributed by atoms with E-state index in [-0.39, 0.29) is 5.91 Å². The molecule has 4 rings (SSSR count). The molecule has 2 aliphatic rings. The van der Waals surface area contributed by atoms with Gasteiger partial charge in [0.05, 0.1) is 4.88 Å². The van der Waals surface area contributed by atoms with Crippen LogP contribution in [0.2, 0.25) is 0 Å². The summed E-state index contributed by atoms with van der Waals surface area (Å²) >= 11 is 1.54. The Morgan fingerprint density at radius 2 is 2.09 bits per heavy atom. The summed E-state index contributed by atoms with van der Waals surface area (Å²) in [6.07, 6.45) is 6.80. The molecular formula is C18H23N3OS. The first-order chi connectivity index (χ1) is 11.2. The number of nitrogens with zero attached hydrogens (tertiary/aromatic N) is 3. The fourth-order valence-corrected chi connectivity index (χ4v) is 4.21. The van der Waals surface area contributed by atoms with Crippen molar-refractivity contribution in [2.75, 3.05) is 13.1 Å². The highest BCUT2D eigenvalue weighted by molar-refractivity contribution is 7.12. The number of carbonyl (C=O) groups is 1. The summed E-state index contributed by atoms with van der Waals surface area (Å²) in [4.78, 5) is 19.9. The van der Waals surface area contributed by atoms with Crippen LogP contribution in [0.25, 0.3) is 0 Å². The Balaban J connectivity index is 1.37. The molecule has 1 aliphatic carbocycles. The number of aromatic nitrogens is 2. The van der Waals surface area contributed by atoms with Crippen LogP contribution in [-0.4, -0.2) is 33.4 Å². The van der Waals surface area contributed by atoms with Gasteiger partial charge in [0.25, 0.3) is 5.91 Å². The average Bonchev–Trinajstić information content (AvgIpc) is 3.14. The van der Waals surface area contributed by atoms with Gasteiger partial charge in [0.1, 0.15) is 5.82 Å². The summed E-state index contributed by atoms with van der Waals surface area (Å²) in [7, 11) is 0. The van der Waals surface area contributed by atoms with E-state index in [2.05, 4.69) is 16.5 Å². The van der Waals surface area contributed by atoms with E-state index in [0.29, 0.717) is 11.8 Å². The molecule has 0 spiro atoms. The van der Waals surface area contributed by atoms with Gasteiger partial charge in [0, 0.05) is 37.4 Å². The molecule has 2 aromatic heterocycles. The molecule has 23 heavy (non-hydrogen) atoms. The third kappa shape index (κ3) is 3.07. The molecular weight excluding hydrogens is 306 g/mol. The van der Waals surface area contributed by atoms with E-state index in [0.717, 1.165) is 37.4 Å². The van der Waals surface area contributed by atoms with Gasteiger partial charge < -0.3 is 9.47 Å². The Bertz CT molecular complexity index is 679. The maximum Gasteiger partial charge on any atom is 0.263 e. The monoisotopic (exact) mass is 329 g/mol. The number of imidazole rings is 1. The Hall–Kier alpha value is -1.62. The highest BCUT2D eigenvalue weighted by Crippen LogP contribution is 2.40. The number of hydrogen-bond donors (Lipinski definition) is 0. The normalized spacial score (nSPS) is 19.3. The standard InChI is InChI=1S/C18H23N3OS/c1-13-11-19-17(15-4-5-15)21(13)12-14-6-8-20(9-7-14)18(22)16-3-2-10-23-16/h2-3,10-11,14-15H,4-9,12H2,1H3. The number of aryl methyl sites for hydroxylation is 1. The van der Waals surface area contributed by atoms with E-state index in [4.69, 9.17) is 0 Å². The summed E-state index contributed by atoms with van der Waals surface area (Å²) in [6, 6.07) is 3.88. The Labute approximate surface area is 141 Å². The first-order valence-corrected chi connectivity index (χ1v) is 9.45. The molecule has 2 aromatic rings. The molecule has 0 bridgehead atoms. The van der Waals surface area contributed by atoms with E-state index in [1.165, 1.54) is 35.7 Å². The van der Waals surface area contributed by atoms with Crippen molar-refractivity contribution in [2.24, 2.45) is 5.92 Å². The maximum absolute atomic E-state index is 12.4. The molecule has 5 heteroatoms. The van der Waals surface area contributed by atoms with Crippen molar-refractivity contribution in [2.45, 2.75) is 45.1 Å². The van der Waals surface area contributed by atoms with Crippen LogP contribution < -0.4 is 0 Å². The minimum atomic E-state index is 0.205. The number of piperidine rings is 1. The van der Waals surface area contributed by atoms with Gasteiger partial charge >= 0.3 is 0 Å². The number of amides is 1. The lowest BCUT2D eigenvalue weighted by molar-refractivity contribution is 0.0687. The molecule has 0 unspecified atom stereocenters. The van der Waals surface area contributed by atoms with Crippen LogP contribution in [0, 0.1) is 12.8 Å². The van der Waals surface area contributed by atoms with E-state index in [9.17, 15) is 4.79 Å². The van der Waals surface area contributed by atoms with Gasteiger partial charge in [-0.2, -0.15) is 0 Å². The number of hydrogen-bond acceptors (Lipinski definition) is 3. The summed E-state index contributed by atoms with van der Waals surface area (Å²) in [5.41, 5.74) is 1.28. The molecule has 4 nitrogen and oxygen atoms in total. The molecule has 1 saturated heterocycles. The highest BCUT2D eigenvalue weighted by atomic mass is 32.1. The van der Waals surface area contributed by atoms with E-state index < -0.39 is 0 Å². The molecule has 3 heterocycles. The SMILES string of the molecule is Cc1cnc(C2CC2)n1CC1CCN(C(=O)c2cccs2)CC1. The third-order valence-corrected chi connectivity index (χ3v) is 5.96. The number of likely N-dealkylation sites (tertiary alicyclic amines) is 1. The van der Waals surface area contributed by atoms with Gasteiger partial charge in [-0.05, 0) is 50.0 Å². The molecule has 1 saturated carbocycles. The lowest BCUT2D eigenvalue weighted by Gasteiger charge is -2.32. The zero-order valence-corrected chi connectivity index (χ0v) is 14.4. The summed E-state index contributed by atoms with van der Waals surface area (Å²) in [5, 5.41) is 1.97. The average molecular weight is 329 g/mol. The minimum absolute atomic E-state index is 0.205. The molecule has 0 N–H and O–H groups in total. The zero-order valence-electron chi connectivity index (χ0n) is 13.6. The highest BCUT2D eigenvalue weighted by Gasteiger charge is 2.30. The van der Waals surface area contributed by atoms with Crippen molar-refractivity contribution in [3.8, 4) is 0 Å². The van der Waals surface area contributed by atoms with Crippen LogP contribution in [-0.2, 0) is 6.54 Å². The number of thiophene rings is 1. The zero-order chi connectivity index (χ0) is 15.8. The molecule has 2 fully saturated rings. The van der Waals surface area contributed by atoms with Crippen molar-refractivity contribution in [3.05, 3.63) is 40.1 Å². The predicted octanol–water partition coefficient (Wildman–Crippen LogP) is 3.68. The largest absolute Gasteiger partial charge is 0.338 e. The molecule has 122 valence electrons. The summed E-state index contributed by atoms with van der Waals surface area (Å²) in [5.74, 6) is 2.85. The second-order valence-corrected chi connectivity index (χ2v) is 7.80. The van der Waals surface area contributed by atoms with Crippen LogP contribution in [0.15, 0.2) is 23.7 Å². The molecule has 0 radical (unpaired) electrons. The van der Waals surface area contributed by atoms with E-state index in [1.54, 1.807) is 0 Å². The Kier molecular flexibility index (Phi) is 3.97. The lowest BCUT2D eigenvalue weighted by Crippen LogP contribution is -2.39. The Morgan fingerprint density at radius 3 is 2.74 bits per heavy atom. The summed E-state index contributed by atoms with van der Waals surface area (Å²) in [6.45, 7) is 4.99. The minimum Gasteiger partial charge on any atom is -0.338 e.